The Morgan fingerprint density at radius 1 is 1.67 bits per heavy atom. The summed E-state index contributed by atoms with van der Waals surface area (Å²) >= 11 is 0. The molecule has 0 saturated carbocycles. The largest absolute Gasteiger partial charge is 0.409 e. The molecule has 0 fully saturated rings. The number of nitrogens with two attached hydrogens (primary N) is 1. The zero-order valence-electron chi connectivity index (χ0n) is 10.2. The fourth-order valence-corrected chi connectivity index (χ4v) is 1.68. The van der Waals surface area contributed by atoms with Crippen LogP contribution in [0.3, 0.4) is 0 Å². The van der Waals surface area contributed by atoms with Gasteiger partial charge in [0.15, 0.2) is 5.82 Å². The van der Waals surface area contributed by atoms with Gasteiger partial charge in [-0.1, -0.05) is 5.16 Å². The molecule has 0 aliphatic carbocycles. The van der Waals surface area contributed by atoms with E-state index in [2.05, 4.69) is 20.3 Å². The topological polar surface area (TPSA) is 105 Å². The maximum absolute atomic E-state index is 8.58. The highest BCUT2D eigenvalue weighted by Gasteiger charge is 2.16. The van der Waals surface area contributed by atoms with E-state index in [1.54, 1.807) is 23.1 Å². The molecular formula is C10H15N7O. The quantitative estimate of drug-likeness (QED) is 0.344. The lowest BCUT2D eigenvalue weighted by Gasteiger charge is -2.25. The summed E-state index contributed by atoms with van der Waals surface area (Å²) < 4.78 is 1.79. The van der Waals surface area contributed by atoms with E-state index in [9.17, 15) is 0 Å². The molecule has 2 heterocycles. The predicted octanol–water partition coefficient (Wildman–Crippen LogP) is 0.0855. The van der Waals surface area contributed by atoms with Crippen LogP contribution in [0.4, 0.5) is 5.82 Å². The van der Waals surface area contributed by atoms with Gasteiger partial charge in [-0.05, 0) is 6.92 Å². The Bertz CT molecular complexity index is 564. The standard InChI is InChI=1S/C10H15N7O/c1-7(5-8(11)15-18)16(2)9-10-14-13-6-17(10)4-3-12-9/h3-4,6-7,18H,5H2,1-2H3,(H2,11,15). The number of hydrogen-bond donors (Lipinski definition) is 2. The van der Waals surface area contributed by atoms with Crippen LogP contribution in [0.5, 0.6) is 0 Å². The van der Waals surface area contributed by atoms with Crippen LogP contribution in [0, 0.1) is 0 Å². The van der Waals surface area contributed by atoms with Crippen LogP contribution < -0.4 is 10.6 Å². The van der Waals surface area contributed by atoms with Crippen LogP contribution in [-0.4, -0.2) is 43.7 Å². The van der Waals surface area contributed by atoms with Crippen molar-refractivity contribution < 1.29 is 5.21 Å². The van der Waals surface area contributed by atoms with E-state index in [-0.39, 0.29) is 11.9 Å². The molecule has 2 aromatic heterocycles. The Hall–Kier alpha value is -2.38. The third-order valence-electron chi connectivity index (χ3n) is 2.83. The van der Waals surface area contributed by atoms with Crippen molar-refractivity contribution in [2.75, 3.05) is 11.9 Å². The smallest absolute Gasteiger partial charge is 0.203 e. The van der Waals surface area contributed by atoms with Gasteiger partial charge < -0.3 is 15.8 Å². The van der Waals surface area contributed by atoms with Crippen molar-refractivity contribution in [3.63, 3.8) is 0 Å². The monoisotopic (exact) mass is 249 g/mol. The van der Waals surface area contributed by atoms with E-state index in [4.69, 9.17) is 10.9 Å². The number of anilines is 1. The zero-order valence-corrected chi connectivity index (χ0v) is 10.2. The summed E-state index contributed by atoms with van der Waals surface area (Å²) in [6.07, 6.45) is 5.51. The third-order valence-corrected chi connectivity index (χ3v) is 2.83. The second-order valence-electron chi connectivity index (χ2n) is 4.07. The summed E-state index contributed by atoms with van der Waals surface area (Å²) in [5.74, 6) is 0.885. The van der Waals surface area contributed by atoms with E-state index >= 15 is 0 Å². The summed E-state index contributed by atoms with van der Waals surface area (Å²) in [6, 6.07) is 0.0244. The Labute approximate surface area is 104 Å². The molecular weight excluding hydrogens is 234 g/mol. The molecule has 0 spiro atoms. The van der Waals surface area contributed by atoms with E-state index in [1.165, 1.54) is 0 Å². The van der Waals surface area contributed by atoms with Crippen LogP contribution in [-0.2, 0) is 0 Å². The number of rotatable bonds is 4. The predicted molar refractivity (Wildman–Crippen MR) is 66.7 cm³/mol. The second-order valence-corrected chi connectivity index (χ2v) is 4.07. The lowest BCUT2D eigenvalue weighted by atomic mass is 10.2. The lowest BCUT2D eigenvalue weighted by molar-refractivity contribution is 0.316. The van der Waals surface area contributed by atoms with Crippen LogP contribution in [0.2, 0.25) is 0 Å². The first kappa shape index (κ1) is 12.1. The summed E-state index contributed by atoms with van der Waals surface area (Å²) in [4.78, 5) is 6.21. The Balaban J connectivity index is 2.27. The molecule has 0 amide bonds. The molecule has 0 radical (unpaired) electrons. The SMILES string of the molecule is CC(CC(N)=NO)N(C)c1nccn2cnnc12. The van der Waals surface area contributed by atoms with Gasteiger partial charge in [0, 0.05) is 31.9 Å². The first-order valence-corrected chi connectivity index (χ1v) is 5.47. The third kappa shape index (κ3) is 2.17. The normalized spacial score (nSPS) is 13.8. The van der Waals surface area contributed by atoms with Gasteiger partial charge in [-0.15, -0.1) is 10.2 Å². The molecule has 1 unspecified atom stereocenters. The van der Waals surface area contributed by atoms with Crippen molar-refractivity contribution in [2.45, 2.75) is 19.4 Å². The average molecular weight is 249 g/mol. The fourth-order valence-electron chi connectivity index (χ4n) is 1.68. The number of hydrogen-bond acceptors (Lipinski definition) is 6. The highest BCUT2D eigenvalue weighted by molar-refractivity contribution is 5.80. The van der Waals surface area contributed by atoms with Crippen molar-refractivity contribution in [1.29, 1.82) is 0 Å². The zero-order chi connectivity index (χ0) is 13.1. The summed E-state index contributed by atoms with van der Waals surface area (Å²) in [5.41, 5.74) is 6.17. The van der Waals surface area contributed by atoms with E-state index in [0.717, 1.165) is 0 Å². The Morgan fingerprint density at radius 2 is 2.44 bits per heavy atom. The van der Waals surface area contributed by atoms with Gasteiger partial charge in [-0.2, -0.15) is 0 Å². The van der Waals surface area contributed by atoms with Gasteiger partial charge in [-0.25, -0.2) is 4.98 Å². The van der Waals surface area contributed by atoms with Crippen LogP contribution >= 0.6 is 0 Å². The molecule has 8 heteroatoms. The fraction of sp³-hybridized carbons (Fsp3) is 0.400. The molecule has 0 aliphatic rings. The average Bonchev–Trinajstić information content (AvgIpc) is 2.85. The van der Waals surface area contributed by atoms with E-state index in [1.807, 2.05) is 18.9 Å². The minimum Gasteiger partial charge on any atom is -0.409 e. The lowest BCUT2D eigenvalue weighted by Crippen LogP contribution is -2.34. The highest BCUT2D eigenvalue weighted by atomic mass is 16.4. The molecule has 2 aromatic rings. The van der Waals surface area contributed by atoms with Crippen molar-refractivity contribution in [1.82, 2.24) is 19.6 Å². The van der Waals surface area contributed by atoms with Crippen LogP contribution in [0.15, 0.2) is 23.9 Å². The second kappa shape index (κ2) is 4.86. The maximum Gasteiger partial charge on any atom is 0.203 e. The number of nitrogens with zero attached hydrogens (tertiary/aromatic N) is 6. The molecule has 18 heavy (non-hydrogen) atoms. The van der Waals surface area contributed by atoms with Gasteiger partial charge in [0.2, 0.25) is 5.65 Å². The van der Waals surface area contributed by atoms with Gasteiger partial charge in [0.25, 0.3) is 0 Å². The van der Waals surface area contributed by atoms with Gasteiger partial charge in [-0.3, -0.25) is 4.40 Å². The molecule has 0 saturated heterocycles. The first-order valence-electron chi connectivity index (χ1n) is 5.47. The Morgan fingerprint density at radius 3 is 3.17 bits per heavy atom. The molecule has 3 N–H and O–H groups in total. The maximum atomic E-state index is 8.58. The molecule has 2 rings (SSSR count). The number of amidine groups is 1. The van der Waals surface area contributed by atoms with E-state index in [0.29, 0.717) is 17.9 Å². The highest BCUT2D eigenvalue weighted by Crippen LogP contribution is 2.17. The van der Waals surface area contributed by atoms with Crippen molar-refractivity contribution >= 4 is 17.3 Å². The number of fused-ring (bicyclic) bond motifs is 1. The van der Waals surface area contributed by atoms with Crippen molar-refractivity contribution in [3.05, 3.63) is 18.7 Å². The van der Waals surface area contributed by atoms with Gasteiger partial charge >= 0.3 is 0 Å². The minimum absolute atomic E-state index is 0.0244. The van der Waals surface area contributed by atoms with Crippen LogP contribution in [0.1, 0.15) is 13.3 Å². The number of oxime groups is 1. The minimum atomic E-state index is 0.0244. The molecule has 1 atom stereocenters. The molecule has 8 nitrogen and oxygen atoms in total. The Kier molecular flexibility index (Phi) is 3.26. The van der Waals surface area contributed by atoms with Gasteiger partial charge in [0.05, 0.1) is 0 Å². The van der Waals surface area contributed by atoms with Gasteiger partial charge in [0.1, 0.15) is 12.2 Å². The molecule has 0 bridgehead atoms. The molecule has 0 aliphatic heterocycles. The number of aromatic nitrogens is 4. The summed E-state index contributed by atoms with van der Waals surface area (Å²) in [6.45, 7) is 1.96. The molecule has 96 valence electrons. The molecule has 0 aromatic carbocycles. The first-order chi connectivity index (χ1) is 8.63. The summed E-state index contributed by atoms with van der Waals surface area (Å²) in [5, 5.41) is 19.4. The summed E-state index contributed by atoms with van der Waals surface area (Å²) in [7, 11) is 1.88. The van der Waals surface area contributed by atoms with Crippen LogP contribution in [0.25, 0.3) is 5.65 Å². The van der Waals surface area contributed by atoms with Crippen molar-refractivity contribution in [3.8, 4) is 0 Å². The van der Waals surface area contributed by atoms with Crippen molar-refractivity contribution in [2.24, 2.45) is 10.9 Å². The van der Waals surface area contributed by atoms with E-state index < -0.39 is 0 Å².